The summed E-state index contributed by atoms with van der Waals surface area (Å²) in [5.74, 6) is 0.285. The third-order valence-corrected chi connectivity index (χ3v) is 8.40. The lowest BCUT2D eigenvalue weighted by atomic mass is 9.94. The van der Waals surface area contributed by atoms with Crippen LogP contribution in [0.2, 0.25) is 0 Å². The molecule has 0 radical (unpaired) electrons. The molecule has 1 N–H and O–H groups in total. The number of hydrogen-bond donors (Lipinski definition) is 1. The number of nitrogens with one attached hydrogen (secondary N) is 1. The van der Waals surface area contributed by atoms with Crippen LogP contribution in [0.15, 0.2) is 81.7 Å². The van der Waals surface area contributed by atoms with Crippen LogP contribution in [0, 0.1) is 6.92 Å². The third kappa shape index (κ3) is 8.18. The van der Waals surface area contributed by atoms with Crippen LogP contribution >= 0.6 is 31.9 Å². The van der Waals surface area contributed by atoms with E-state index in [0.29, 0.717) is 18.7 Å². The van der Waals surface area contributed by atoms with Crippen LogP contribution in [0.5, 0.6) is 5.75 Å². The van der Waals surface area contributed by atoms with Gasteiger partial charge in [-0.15, -0.1) is 0 Å². The maximum atomic E-state index is 13.8. The van der Waals surface area contributed by atoms with E-state index >= 15 is 0 Å². The van der Waals surface area contributed by atoms with Gasteiger partial charge in [-0.3, -0.25) is 9.59 Å². The summed E-state index contributed by atoms with van der Waals surface area (Å²) >= 11 is 6.99. The molecule has 3 aromatic carbocycles. The number of ether oxygens (including phenoxy) is 1. The van der Waals surface area contributed by atoms with E-state index in [4.69, 9.17) is 4.74 Å². The number of carbonyl (C=O) groups is 2. The Morgan fingerprint density at radius 2 is 1.66 bits per heavy atom. The van der Waals surface area contributed by atoms with Gasteiger partial charge in [0, 0.05) is 28.0 Å². The van der Waals surface area contributed by atoms with E-state index in [-0.39, 0.29) is 24.5 Å². The van der Waals surface area contributed by atoms with Crippen LogP contribution in [-0.2, 0) is 22.6 Å². The Kier molecular flexibility index (Phi) is 10.4. The van der Waals surface area contributed by atoms with Gasteiger partial charge >= 0.3 is 0 Å². The average molecular weight is 642 g/mol. The van der Waals surface area contributed by atoms with E-state index in [9.17, 15) is 9.59 Å². The zero-order chi connectivity index (χ0) is 26.9. The number of hydrogen-bond acceptors (Lipinski definition) is 3. The summed E-state index contributed by atoms with van der Waals surface area (Å²) < 4.78 is 7.86. The zero-order valence-corrected chi connectivity index (χ0v) is 24.8. The molecule has 5 nitrogen and oxygen atoms in total. The lowest BCUT2D eigenvalue weighted by Crippen LogP contribution is -2.53. The predicted molar refractivity (Wildman–Crippen MR) is 158 cm³/mol. The number of nitrogens with zero attached hydrogens (tertiary/aromatic N) is 1. The highest BCUT2D eigenvalue weighted by Gasteiger charge is 2.32. The number of amides is 2. The summed E-state index contributed by atoms with van der Waals surface area (Å²) in [5.41, 5.74) is 2.98. The molecule has 200 valence electrons. The molecule has 38 heavy (non-hydrogen) atoms. The van der Waals surface area contributed by atoms with Crippen molar-refractivity contribution >= 4 is 43.7 Å². The van der Waals surface area contributed by atoms with Gasteiger partial charge < -0.3 is 15.0 Å². The summed E-state index contributed by atoms with van der Waals surface area (Å²) in [6.07, 6.45) is 5.85. The molecule has 4 rings (SSSR count). The Morgan fingerprint density at radius 1 is 0.947 bits per heavy atom. The largest absolute Gasteiger partial charge is 0.484 e. The van der Waals surface area contributed by atoms with Gasteiger partial charge in [0.05, 0.1) is 0 Å². The van der Waals surface area contributed by atoms with Gasteiger partial charge in [0.1, 0.15) is 11.8 Å². The average Bonchev–Trinajstić information content (AvgIpc) is 2.93. The topological polar surface area (TPSA) is 58.6 Å². The quantitative estimate of drug-likeness (QED) is 0.260. The molecular weight excluding hydrogens is 608 g/mol. The number of carbonyl (C=O) groups excluding carboxylic acids is 2. The molecule has 1 saturated carbocycles. The highest BCUT2D eigenvalue weighted by Crippen LogP contribution is 2.23. The maximum absolute atomic E-state index is 13.8. The predicted octanol–water partition coefficient (Wildman–Crippen LogP) is 6.99. The van der Waals surface area contributed by atoms with E-state index < -0.39 is 6.04 Å². The van der Waals surface area contributed by atoms with Crippen LogP contribution in [0.4, 0.5) is 0 Å². The molecule has 0 saturated heterocycles. The van der Waals surface area contributed by atoms with Crippen molar-refractivity contribution in [2.75, 3.05) is 6.61 Å². The van der Waals surface area contributed by atoms with Crippen LogP contribution in [0.3, 0.4) is 0 Å². The molecule has 1 fully saturated rings. The standard InChI is InChI=1S/C31H34Br2N2O3/c1-22-18-27(16-17-28(22)33)38-21-30(36)35(20-24-12-14-25(32)15-13-24)29(19-23-8-4-2-5-9-23)31(37)34-26-10-6-3-7-11-26/h2,4-5,8-9,12-18,26,29H,3,6-7,10-11,19-21H2,1H3,(H,34,37)/t29-/m1/s1. The molecule has 2 amide bonds. The molecular formula is C31H34Br2N2O3. The highest BCUT2D eigenvalue weighted by molar-refractivity contribution is 9.10. The van der Waals surface area contributed by atoms with Crippen molar-refractivity contribution in [3.05, 3.63) is 98.4 Å². The number of rotatable bonds is 10. The Balaban J connectivity index is 1.60. The van der Waals surface area contributed by atoms with Gasteiger partial charge in [0.15, 0.2) is 6.61 Å². The summed E-state index contributed by atoms with van der Waals surface area (Å²) in [7, 11) is 0. The number of benzene rings is 3. The molecule has 1 aliphatic rings. The van der Waals surface area contributed by atoms with Gasteiger partial charge in [-0.1, -0.05) is 93.6 Å². The fourth-order valence-corrected chi connectivity index (χ4v) is 5.33. The van der Waals surface area contributed by atoms with Gasteiger partial charge in [-0.2, -0.15) is 0 Å². The Hall–Kier alpha value is -2.64. The molecule has 0 bridgehead atoms. The second-order valence-electron chi connectivity index (χ2n) is 9.90. The van der Waals surface area contributed by atoms with Crippen LogP contribution in [-0.4, -0.2) is 35.4 Å². The fraction of sp³-hybridized carbons (Fsp3) is 0.355. The molecule has 1 atom stereocenters. The van der Waals surface area contributed by atoms with Gasteiger partial charge in [0.25, 0.3) is 5.91 Å². The lowest BCUT2D eigenvalue weighted by molar-refractivity contribution is -0.143. The minimum absolute atomic E-state index is 0.106. The summed E-state index contributed by atoms with van der Waals surface area (Å²) in [6, 6.07) is 22.9. The summed E-state index contributed by atoms with van der Waals surface area (Å²) in [6.45, 7) is 2.13. The molecule has 0 heterocycles. The summed E-state index contributed by atoms with van der Waals surface area (Å²) in [4.78, 5) is 29.3. The van der Waals surface area contributed by atoms with Crippen molar-refractivity contribution in [1.29, 1.82) is 0 Å². The number of aryl methyl sites for hydroxylation is 1. The molecule has 0 unspecified atom stereocenters. The van der Waals surface area contributed by atoms with Crippen molar-refractivity contribution in [2.45, 2.75) is 64.1 Å². The Morgan fingerprint density at radius 3 is 2.34 bits per heavy atom. The lowest BCUT2D eigenvalue weighted by Gasteiger charge is -2.33. The smallest absolute Gasteiger partial charge is 0.261 e. The highest BCUT2D eigenvalue weighted by atomic mass is 79.9. The normalized spacial score (nSPS) is 14.5. The Labute approximate surface area is 242 Å². The first-order valence-electron chi connectivity index (χ1n) is 13.2. The van der Waals surface area contributed by atoms with Crippen LogP contribution in [0.1, 0.15) is 48.8 Å². The molecule has 0 spiro atoms. The Bertz CT molecular complexity index is 1210. The minimum Gasteiger partial charge on any atom is -0.484 e. The van der Waals surface area contributed by atoms with E-state index in [0.717, 1.165) is 51.3 Å². The monoisotopic (exact) mass is 640 g/mol. The first-order chi connectivity index (χ1) is 18.4. The van der Waals surface area contributed by atoms with Crippen molar-refractivity contribution in [2.24, 2.45) is 0 Å². The second-order valence-corrected chi connectivity index (χ2v) is 11.7. The van der Waals surface area contributed by atoms with Crippen molar-refractivity contribution in [3.8, 4) is 5.75 Å². The SMILES string of the molecule is Cc1cc(OCC(=O)N(Cc2ccc(Br)cc2)[C@H](Cc2ccccc2)C(=O)NC2CCCCC2)ccc1Br. The van der Waals surface area contributed by atoms with Gasteiger partial charge in [-0.25, -0.2) is 0 Å². The second kappa shape index (κ2) is 13.9. The van der Waals surface area contributed by atoms with E-state index in [1.54, 1.807) is 4.90 Å². The molecule has 3 aromatic rings. The first kappa shape index (κ1) is 28.4. The minimum atomic E-state index is -0.661. The fourth-order valence-electron chi connectivity index (χ4n) is 4.82. The summed E-state index contributed by atoms with van der Waals surface area (Å²) in [5, 5.41) is 3.27. The maximum Gasteiger partial charge on any atom is 0.261 e. The van der Waals surface area contributed by atoms with Crippen molar-refractivity contribution < 1.29 is 14.3 Å². The zero-order valence-electron chi connectivity index (χ0n) is 21.7. The molecule has 0 aromatic heterocycles. The van der Waals surface area contributed by atoms with Crippen molar-refractivity contribution in [1.82, 2.24) is 10.2 Å². The number of halogens is 2. The molecule has 7 heteroatoms. The third-order valence-electron chi connectivity index (χ3n) is 6.98. The molecule has 1 aliphatic carbocycles. The van der Waals surface area contributed by atoms with Crippen LogP contribution < -0.4 is 10.1 Å². The van der Waals surface area contributed by atoms with E-state index in [2.05, 4.69) is 37.2 Å². The first-order valence-corrected chi connectivity index (χ1v) is 14.7. The van der Waals surface area contributed by atoms with Gasteiger partial charge in [0.2, 0.25) is 5.91 Å². The van der Waals surface area contributed by atoms with Crippen molar-refractivity contribution in [3.63, 3.8) is 0 Å². The van der Waals surface area contributed by atoms with Gasteiger partial charge in [-0.05, 0) is 66.8 Å². The van der Waals surface area contributed by atoms with E-state index in [1.807, 2.05) is 79.7 Å². The molecule has 0 aliphatic heterocycles. The van der Waals surface area contributed by atoms with E-state index in [1.165, 1.54) is 6.42 Å². The van der Waals surface area contributed by atoms with Crippen LogP contribution in [0.25, 0.3) is 0 Å².